The van der Waals surface area contributed by atoms with Crippen LogP contribution in [-0.4, -0.2) is 9.97 Å². The molecule has 0 atom stereocenters. The summed E-state index contributed by atoms with van der Waals surface area (Å²) in [5.41, 5.74) is 7.62. The number of benzene rings is 1. The van der Waals surface area contributed by atoms with Crippen LogP contribution in [0.25, 0.3) is 21.8 Å². The van der Waals surface area contributed by atoms with Crippen LogP contribution in [0, 0.1) is 0 Å². The van der Waals surface area contributed by atoms with Gasteiger partial charge in [0.15, 0.2) is 5.52 Å². The lowest BCUT2D eigenvalue weighted by molar-refractivity contribution is -0.362. The normalized spacial score (nSPS) is 11.1. The molecule has 0 bridgehead atoms. The number of fused-ring (bicyclic) bond motifs is 3. The van der Waals surface area contributed by atoms with E-state index < -0.39 is 0 Å². The van der Waals surface area contributed by atoms with Gasteiger partial charge in [0.1, 0.15) is 0 Å². The van der Waals surface area contributed by atoms with Gasteiger partial charge >= 0.3 is 5.95 Å². The van der Waals surface area contributed by atoms with Gasteiger partial charge in [0.25, 0.3) is 0 Å². The number of aromatic amines is 2. The van der Waals surface area contributed by atoms with E-state index in [1.807, 2.05) is 30.6 Å². The van der Waals surface area contributed by atoms with Crippen molar-refractivity contribution < 1.29 is 4.98 Å². The summed E-state index contributed by atoms with van der Waals surface area (Å²) < 4.78 is 0. The molecule has 0 unspecified atom stereocenters. The van der Waals surface area contributed by atoms with Gasteiger partial charge in [-0.1, -0.05) is 4.98 Å². The predicted octanol–water partition coefficient (Wildman–Crippen LogP) is 1.11. The van der Waals surface area contributed by atoms with E-state index in [2.05, 4.69) is 15.0 Å². The van der Waals surface area contributed by atoms with E-state index in [0.717, 1.165) is 21.8 Å². The lowest BCUT2D eigenvalue weighted by Gasteiger charge is -1.94. The highest BCUT2D eigenvalue weighted by Crippen LogP contribution is 2.21. The fourth-order valence-electron chi connectivity index (χ4n) is 1.68. The SMILES string of the molecule is Nc1nc2c(ccc3[nH]ccc32)c[nH+]1. The Morgan fingerprint density at radius 1 is 1.29 bits per heavy atom. The molecule has 0 spiro atoms. The molecule has 14 heavy (non-hydrogen) atoms. The van der Waals surface area contributed by atoms with Crippen LogP contribution in [0.3, 0.4) is 0 Å². The van der Waals surface area contributed by atoms with E-state index in [0.29, 0.717) is 5.95 Å². The first-order valence-corrected chi connectivity index (χ1v) is 4.38. The van der Waals surface area contributed by atoms with Gasteiger partial charge in [-0.3, -0.25) is 5.73 Å². The molecule has 2 aromatic heterocycles. The molecule has 0 aliphatic heterocycles. The third-order valence-electron chi connectivity index (χ3n) is 2.34. The minimum atomic E-state index is 0.436. The molecule has 4 nitrogen and oxygen atoms in total. The monoisotopic (exact) mass is 185 g/mol. The first-order chi connectivity index (χ1) is 6.84. The van der Waals surface area contributed by atoms with Gasteiger partial charge in [-0.2, -0.15) is 0 Å². The Morgan fingerprint density at radius 2 is 2.21 bits per heavy atom. The lowest BCUT2D eigenvalue weighted by Crippen LogP contribution is -2.11. The third-order valence-corrected chi connectivity index (χ3v) is 2.34. The fraction of sp³-hybridized carbons (Fsp3) is 0. The molecule has 0 saturated carbocycles. The summed E-state index contributed by atoms with van der Waals surface area (Å²) in [6.45, 7) is 0. The zero-order valence-electron chi connectivity index (χ0n) is 7.41. The average molecular weight is 185 g/mol. The highest BCUT2D eigenvalue weighted by molar-refractivity contribution is 6.03. The lowest BCUT2D eigenvalue weighted by atomic mass is 10.2. The van der Waals surface area contributed by atoms with Gasteiger partial charge in [-0.25, -0.2) is 4.98 Å². The Labute approximate surface area is 79.8 Å². The molecular weight excluding hydrogens is 176 g/mol. The minimum absolute atomic E-state index is 0.436. The maximum absolute atomic E-state index is 5.61. The summed E-state index contributed by atoms with van der Waals surface area (Å²) in [5.74, 6) is 0.436. The second-order valence-electron chi connectivity index (χ2n) is 3.23. The van der Waals surface area contributed by atoms with Gasteiger partial charge in [-0.05, 0) is 18.2 Å². The first-order valence-electron chi connectivity index (χ1n) is 4.38. The molecule has 0 fully saturated rings. The maximum atomic E-state index is 5.61. The van der Waals surface area contributed by atoms with Crippen LogP contribution in [0.1, 0.15) is 0 Å². The Balaban J connectivity index is 2.60. The van der Waals surface area contributed by atoms with Crippen molar-refractivity contribution in [1.82, 2.24) is 9.97 Å². The van der Waals surface area contributed by atoms with Crippen molar-refractivity contribution in [3.05, 3.63) is 30.6 Å². The number of rotatable bonds is 0. The molecule has 4 N–H and O–H groups in total. The smallest absolute Gasteiger partial charge is 0.361 e. The molecule has 0 aliphatic rings. The maximum Gasteiger partial charge on any atom is 0.387 e. The highest BCUT2D eigenvalue weighted by Gasteiger charge is 2.07. The first kappa shape index (κ1) is 7.32. The summed E-state index contributed by atoms with van der Waals surface area (Å²) >= 11 is 0. The molecule has 0 aliphatic carbocycles. The van der Waals surface area contributed by atoms with E-state index in [1.54, 1.807) is 0 Å². The molecule has 2 heterocycles. The van der Waals surface area contributed by atoms with Crippen molar-refractivity contribution in [3.63, 3.8) is 0 Å². The number of nitrogens with one attached hydrogen (secondary N) is 2. The van der Waals surface area contributed by atoms with Crippen LogP contribution in [-0.2, 0) is 0 Å². The molecule has 3 rings (SSSR count). The molecule has 4 heteroatoms. The second kappa shape index (κ2) is 2.45. The van der Waals surface area contributed by atoms with Gasteiger partial charge in [0.2, 0.25) is 0 Å². The topological polar surface area (TPSA) is 68.8 Å². The Hall–Kier alpha value is -2.10. The van der Waals surface area contributed by atoms with Crippen LogP contribution in [0.4, 0.5) is 5.95 Å². The van der Waals surface area contributed by atoms with Crippen molar-refractivity contribution in [2.75, 3.05) is 5.73 Å². The van der Waals surface area contributed by atoms with E-state index >= 15 is 0 Å². The number of H-pyrrole nitrogens is 2. The van der Waals surface area contributed by atoms with Crippen molar-refractivity contribution in [2.45, 2.75) is 0 Å². The molecule has 68 valence electrons. The number of anilines is 1. The Bertz CT molecular complexity index is 612. The summed E-state index contributed by atoms with van der Waals surface area (Å²) in [5, 5.41) is 2.16. The summed E-state index contributed by atoms with van der Waals surface area (Å²) in [6, 6.07) is 6.05. The molecule has 0 saturated heterocycles. The van der Waals surface area contributed by atoms with Gasteiger partial charge < -0.3 is 4.98 Å². The van der Waals surface area contributed by atoms with Gasteiger partial charge in [0.05, 0.1) is 6.20 Å². The zero-order chi connectivity index (χ0) is 9.54. The van der Waals surface area contributed by atoms with E-state index in [9.17, 15) is 0 Å². The molecule has 3 aromatic rings. The van der Waals surface area contributed by atoms with Crippen LogP contribution in [0.2, 0.25) is 0 Å². The second-order valence-corrected chi connectivity index (χ2v) is 3.23. The van der Waals surface area contributed by atoms with Crippen LogP contribution in [0.15, 0.2) is 30.6 Å². The van der Waals surface area contributed by atoms with Crippen LogP contribution < -0.4 is 10.7 Å². The largest absolute Gasteiger partial charge is 0.387 e. The van der Waals surface area contributed by atoms with Crippen molar-refractivity contribution in [2.24, 2.45) is 0 Å². The van der Waals surface area contributed by atoms with Crippen molar-refractivity contribution in [3.8, 4) is 0 Å². The number of nitrogens with zero attached hydrogens (tertiary/aromatic N) is 1. The van der Waals surface area contributed by atoms with E-state index in [4.69, 9.17) is 5.73 Å². The van der Waals surface area contributed by atoms with E-state index in [-0.39, 0.29) is 0 Å². The van der Waals surface area contributed by atoms with Gasteiger partial charge in [-0.15, -0.1) is 0 Å². The fourth-order valence-corrected chi connectivity index (χ4v) is 1.68. The Morgan fingerprint density at radius 3 is 3.14 bits per heavy atom. The minimum Gasteiger partial charge on any atom is -0.361 e. The average Bonchev–Trinajstić information content (AvgIpc) is 2.65. The molecular formula is C10H9N4+. The Kier molecular flexibility index (Phi) is 1.28. The predicted molar refractivity (Wildman–Crippen MR) is 54.6 cm³/mol. The molecule has 1 aromatic carbocycles. The number of aromatic nitrogens is 3. The van der Waals surface area contributed by atoms with Gasteiger partial charge in [0, 0.05) is 22.5 Å². The van der Waals surface area contributed by atoms with Crippen LogP contribution in [0.5, 0.6) is 0 Å². The standard InChI is InChI=1S/C10H8N4/c11-10-13-5-6-1-2-8-7(3-4-12-8)9(6)14-10/h1-5,12H,(H2,11,13,14)/p+1. The highest BCUT2D eigenvalue weighted by atomic mass is 15.0. The molecule has 0 amide bonds. The number of nitrogen functional groups attached to an aromatic ring is 1. The van der Waals surface area contributed by atoms with Crippen LogP contribution >= 0.6 is 0 Å². The zero-order valence-corrected chi connectivity index (χ0v) is 7.41. The number of hydrogen-bond donors (Lipinski definition) is 2. The summed E-state index contributed by atoms with van der Waals surface area (Å²) in [6.07, 6.45) is 3.77. The molecule has 0 radical (unpaired) electrons. The quantitative estimate of drug-likeness (QED) is 0.551. The number of hydrogen-bond acceptors (Lipinski definition) is 2. The number of nitrogens with two attached hydrogens (primary N) is 1. The summed E-state index contributed by atoms with van der Waals surface area (Å²) in [4.78, 5) is 10.3. The summed E-state index contributed by atoms with van der Waals surface area (Å²) in [7, 11) is 0. The third kappa shape index (κ3) is 0.877. The van der Waals surface area contributed by atoms with Crippen molar-refractivity contribution in [1.29, 1.82) is 0 Å². The van der Waals surface area contributed by atoms with Crippen molar-refractivity contribution >= 4 is 27.8 Å². The van der Waals surface area contributed by atoms with E-state index in [1.165, 1.54) is 0 Å².